The minimum absolute atomic E-state index is 0.00762. The third-order valence-corrected chi connectivity index (χ3v) is 8.58. The summed E-state index contributed by atoms with van der Waals surface area (Å²) < 4.78 is 46.7. The number of hydrogen-bond donors (Lipinski definition) is 2. The van der Waals surface area contributed by atoms with Crippen molar-refractivity contribution in [1.82, 2.24) is 14.9 Å². The molecule has 0 saturated heterocycles. The van der Waals surface area contributed by atoms with E-state index in [1.165, 1.54) is 35.4 Å². The van der Waals surface area contributed by atoms with Crippen LogP contribution in [-0.2, 0) is 39.1 Å². The Morgan fingerprint density at radius 1 is 0.905 bits per heavy atom. The van der Waals surface area contributed by atoms with Gasteiger partial charge in [-0.3, -0.25) is 9.59 Å². The quantitative estimate of drug-likeness (QED) is 0.231. The van der Waals surface area contributed by atoms with Gasteiger partial charge in [0, 0.05) is 19.0 Å². The molecular formula is C32H32FN3O5S. The highest BCUT2D eigenvalue weighted by Gasteiger charge is 2.32. The van der Waals surface area contributed by atoms with E-state index in [1.54, 1.807) is 60.7 Å². The second-order valence-electron chi connectivity index (χ2n) is 10.3. The first-order chi connectivity index (χ1) is 20.3. The van der Waals surface area contributed by atoms with Crippen LogP contribution in [0.4, 0.5) is 4.39 Å². The number of carbonyl (C=O) groups is 2. The van der Waals surface area contributed by atoms with Crippen LogP contribution in [-0.4, -0.2) is 31.2 Å². The summed E-state index contributed by atoms with van der Waals surface area (Å²) >= 11 is 0. The fourth-order valence-electron chi connectivity index (χ4n) is 4.62. The molecule has 3 aromatic carbocycles. The van der Waals surface area contributed by atoms with Crippen molar-refractivity contribution in [2.24, 2.45) is 0 Å². The number of amides is 2. The highest BCUT2D eigenvalue weighted by atomic mass is 32.2. The van der Waals surface area contributed by atoms with E-state index in [-0.39, 0.29) is 42.3 Å². The number of nitrogens with one attached hydrogen (secondary N) is 2. The van der Waals surface area contributed by atoms with E-state index in [0.29, 0.717) is 23.3 Å². The van der Waals surface area contributed by atoms with Gasteiger partial charge in [-0.1, -0.05) is 54.6 Å². The van der Waals surface area contributed by atoms with Crippen molar-refractivity contribution in [2.45, 2.75) is 55.8 Å². The van der Waals surface area contributed by atoms with Gasteiger partial charge in [0.1, 0.15) is 17.6 Å². The topological polar surface area (TPSA) is 109 Å². The number of carbonyl (C=O) groups excluding carboxylic acids is 2. The first-order valence-electron chi connectivity index (χ1n) is 13.8. The third kappa shape index (κ3) is 7.71. The van der Waals surface area contributed by atoms with Crippen molar-refractivity contribution in [3.63, 3.8) is 0 Å². The smallest absolute Gasteiger partial charge is 0.247 e. The molecular weight excluding hydrogens is 557 g/mol. The van der Waals surface area contributed by atoms with E-state index in [0.717, 1.165) is 18.4 Å². The van der Waals surface area contributed by atoms with Crippen LogP contribution in [0.2, 0.25) is 0 Å². The van der Waals surface area contributed by atoms with E-state index < -0.39 is 21.9 Å². The lowest BCUT2D eigenvalue weighted by atomic mass is 10.0. The minimum atomic E-state index is -3.57. The lowest BCUT2D eigenvalue weighted by Gasteiger charge is -2.31. The number of rotatable bonds is 13. The molecule has 1 aliphatic rings. The molecule has 0 bridgehead atoms. The third-order valence-electron chi connectivity index (χ3n) is 7.04. The lowest BCUT2D eigenvalue weighted by molar-refractivity contribution is -0.141. The van der Waals surface area contributed by atoms with Gasteiger partial charge in [-0.2, -0.15) is 0 Å². The normalized spacial score (nSPS) is 13.8. The highest BCUT2D eigenvalue weighted by Crippen LogP contribution is 2.26. The molecule has 42 heavy (non-hydrogen) atoms. The number of halogens is 1. The second-order valence-corrected chi connectivity index (χ2v) is 12.0. The zero-order chi connectivity index (χ0) is 29.5. The molecule has 5 rings (SSSR count). The van der Waals surface area contributed by atoms with Crippen LogP contribution in [0.25, 0.3) is 0 Å². The Morgan fingerprint density at radius 2 is 1.60 bits per heavy atom. The summed E-state index contributed by atoms with van der Waals surface area (Å²) in [4.78, 5) is 29.2. The van der Waals surface area contributed by atoms with E-state index in [4.69, 9.17) is 4.42 Å². The van der Waals surface area contributed by atoms with Crippen LogP contribution in [0, 0.1) is 5.82 Å². The Bertz CT molecular complexity index is 1590. The summed E-state index contributed by atoms with van der Waals surface area (Å²) in [5.74, 6) is -0.492. The molecule has 0 radical (unpaired) electrons. The van der Waals surface area contributed by atoms with E-state index in [1.807, 2.05) is 6.07 Å². The number of benzene rings is 3. The summed E-state index contributed by atoms with van der Waals surface area (Å²) in [6.07, 6.45) is 3.62. The van der Waals surface area contributed by atoms with Crippen LogP contribution in [0.1, 0.15) is 47.8 Å². The molecule has 0 spiro atoms. The molecule has 1 heterocycles. The van der Waals surface area contributed by atoms with Gasteiger partial charge in [0.15, 0.2) is 0 Å². The maximum Gasteiger partial charge on any atom is 0.247 e. The van der Waals surface area contributed by atoms with Crippen LogP contribution >= 0.6 is 0 Å². The molecule has 2 N–H and O–H groups in total. The molecule has 1 aromatic heterocycles. The lowest BCUT2D eigenvalue weighted by Crippen LogP contribution is -2.43. The zero-order valence-electron chi connectivity index (χ0n) is 22.9. The van der Waals surface area contributed by atoms with E-state index in [9.17, 15) is 22.4 Å². The Labute approximate surface area is 244 Å². The maximum atomic E-state index is 13.8. The standard InChI is InChI=1S/C32H32FN3O5S/c33-26-13-8-24(9-14-26)22-36(31(25-5-2-1-3-6-25)32(38)34-21-28-7-4-20-41-28)30(37)19-12-23-10-17-29(18-11-23)42(39,40)35-27-15-16-27/h1-11,13-14,17-18,20,27,31,35H,12,15-16,19,21-22H2,(H,34,38)/t31-/m1/s1. The molecule has 1 atom stereocenters. The van der Waals surface area contributed by atoms with Gasteiger partial charge < -0.3 is 14.6 Å². The number of aryl methyl sites for hydroxylation is 1. The zero-order valence-corrected chi connectivity index (χ0v) is 23.7. The van der Waals surface area contributed by atoms with Gasteiger partial charge in [0.05, 0.1) is 17.7 Å². The van der Waals surface area contributed by atoms with Gasteiger partial charge in [0.2, 0.25) is 21.8 Å². The molecule has 218 valence electrons. The summed E-state index contributed by atoms with van der Waals surface area (Å²) in [5.41, 5.74) is 2.08. The van der Waals surface area contributed by atoms with Crippen LogP contribution in [0.5, 0.6) is 0 Å². The molecule has 0 aliphatic heterocycles. The molecule has 0 unspecified atom stereocenters. The van der Waals surface area contributed by atoms with Gasteiger partial charge in [-0.15, -0.1) is 0 Å². The summed E-state index contributed by atoms with van der Waals surface area (Å²) in [6.45, 7) is 0.232. The van der Waals surface area contributed by atoms with Crippen molar-refractivity contribution in [3.05, 3.63) is 126 Å². The van der Waals surface area contributed by atoms with Crippen LogP contribution in [0.3, 0.4) is 0 Å². The van der Waals surface area contributed by atoms with Gasteiger partial charge in [-0.05, 0) is 72.4 Å². The molecule has 1 fully saturated rings. The van der Waals surface area contributed by atoms with Crippen molar-refractivity contribution >= 4 is 21.8 Å². The summed E-state index contributed by atoms with van der Waals surface area (Å²) in [7, 11) is -3.57. The van der Waals surface area contributed by atoms with Gasteiger partial charge >= 0.3 is 0 Å². The Kier molecular flexibility index (Phi) is 9.14. The summed E-state index contributed by atoms with van der Waals surface area (Å²) in [6, 6.07) is 23.8. The van der Waals surface area contributed by atoms with E-state index >= 15 is 0 Å². The molecule has 4 aromatic rings. The molecule has 10 heteroatoms. The van der Waals surface area contributed by atoms with E-state index in [2.05, 4.69) is 10.0 Å². The van der Waals surface area contributed by atoms with Crippen molar-refractivity contribution < 1.29 is 26.8 Å². The Balaban J connectivity index is 1.36. The maximum absolute atomic E-state index is 13.8. The van der Waals surface area contributed by atoms with Crippen molar-refractivity contribution in [3.8, 4) is 0 Å². The fourth-order valence-corrected chi connectivity index (χ4v) is 5.93. The largest absolute Gasteiger partial charge is 0.467 e. The second kappa shape index (κ2) is 13.1. The molecule has 1 aliphatic carbocycles. The summed E-state index contributed by atoms with van der Waals surface area (Å²) in [5, 5.41) is 2.88. The highest BCUT2D eigenvalue weighted by molar-refractivity contribution is 7.89. The molecule has 2 amide bonds. The number of nitrogens with zero attached hydrogens (tertiary/aromatic N) is 1. The fraction of sp³-hybridized carbons (Fsp3) is 0.250. The first kappa shape index (κ1) is 29.2. The van der Waals surface area contributed by atoms with Gasteiger partial charge in [-0.25, -0.2) is 17.5 Å². The van der Waals surface area contributed by atoms with Crippen LogP contribution < -0.4 is 10.0 Å². The predicted molar refractivity (Wildman–Crippen MR) is 155 cm³/mol. The number of sulfonamides is 1. The molecule has 1 saturated carbocycles. The Hall–Kier alpha value is -4.28. The number of furan rings is 1. The minimum Gasteiger partial charge on any atom is -0.467 e. The Morgan fingerprint density at radius 3 is 2.24 bits per heavy atom. The number of hydrogen-bond acceptors (Lipinski definition) is 5. The monoisotopic (exact) mass is 589 g/mol. The SMILES string of the molecule is O=C(NCc1ccco1)[C@@H](c1ccccc1)N(Cc1ccc(F)cc1)C(=O)CCc1ccc(S(=O)(=O)NC2CC2)cc1. The average molecular weight is 590 g/mol. The van der Waals surface area contributed by atoms with Gasteiger partial charge in [0.25, 0.3) is 0 Å². The van der Waals surface area contributed by atoms with Crippen LogP contribution in [0.15, 0.2) is 107 Å². The predicted octanol–water partition coefficient (Wildman–Crippen LogP) is 4.88. The average Bonchev–Trinajstić information content (AvgIpc) is 3.64. The molecule has 8 nitrogen and oxygen atoms in total. The van der Waals surface area contributed by atoms with Crippen molar-refractivity contribution in [1.29, 1.82) is 0 Å². The van der Waals surface area contributed by atoms with Crippen molar-refractivity contribution in [2.75, 3.05) is 0 Å². The first-order valence-corrected chi connectivity index (χ1v) is 15.3.